The summed E-state index contributed by atoms with van der Waals surface area (Å²) in [5, 5.41) is 8.84. The molecule has 0 aliphatic carbocycles. The fourth-order valence-electron chi connectivity index (χ4n) is 3.51. The predicted octanol–water partition coefficient (Wildman–Crippen LogP) is 3.77. The summed E-state index contributed by atoms with van der Waals surface area (Å²) >= 11 is 0. The molecule has 26 heavy (non-hydrogen) atoms. The standard InChI is InChI=1S/C20H22N4O2/c1-14-13-17(22-26-14)19-18(20(25)23-11-7-4-8-12-23)15(2)21-24(19)16-9-5-3-6-10-16/h3,5-6,9-10,13H,4,7-8,11-12H2,1-2H3. The lowest BCUT2D eigenvalue weighted by Crippen LogP contribution is -2.36. The van der Waals surface area contributed by atoms with Crippen LogP contribution < -0.4 is 0 Å². The number of hydrogen-bond acceptors (Lipinski definition) is 4. The number of aromatic nitrogens is 3. The summed E-state index contributed by atoms with van der Waals surface area (Å²) in [6, 6.07) is 11.7. The van der Waals surface area contributed by atoms with Crippen molar-refractivity contribution in [1.82, 2.24) is 19.8 Å². The molecule has 0 unspecified atom stereocenters. The Labute approximate surface area is 152 Å². The number of rotatable bonds is 3. The van der Waals surface area contributed by atoms with Crippen LogP contribution in [0.4, 0.5) is 0 Å². The van der Waals surface area contributed by atoms with Crippen LogP contribution in [-0.4, -0.2) is 38.8 Å². The van der Waals surface area contributed by atoms with E-state index in [-0.39, 0.29) is 5.91 Å². The van der Waals surface area contributed by atoms with Crippen LogP contribution in [0, 0.1) is 13.8 Å². The van der Waals surface area contributed by atoms with Gasteiger partial charge in [-0.05, 0) is 45.2 Å². The quantitative estimate of drug-likeness (QED) is 0.721. The lowest BCUT2D eigenvalue weighted by atomic mass is 10.1. The molecule has 0 bridgehead atoms. The van der Waals surface area contributed by atoms with Gasteiger partial charge in [0.25, 0.3) is 5.91 Å². The minimum atomic E-state index is 0.0278. The van der Waals surface area contributed by atoms with Gasteiger partial charge in [-0.1, -0.05) is 23.4 Å². The van der Waals surface area contributed by atoms with Crippen LogP contribution in [0.5, 0.6) is 0 Å². The van der Waals surface area contributed by atoms with Crippen LogP contribution in [0.25, 0.3) is 17.1 Å². The number of carbonyl (C=O) groups is 1. The van der Waals surface area contributed by atoms with Gasteiger partial charge in [0.2, 0.25) is 0 Å². The second-order valence-corrected chi connectivity index (χ2v) is 6.73. The molecule has 0 N–H and O–H groups in total. The largest absolute Gasteiger partial charge is 0.361 e. The second-order valence-electron chi connectivity index (χ2n) is 6.73. The second kappa shape index (κ2) is 6.78. The van der Waals surface area contributed by atoms with Crippen LogP contribution in [-0.2, 0) is 0 Å². The molecule has 0 radical (unpaired) electrons. The van der Waals surface area contributed by atoms with E-state index >= 15 is 0 Å². The summed E-state index contributed by atoms with van der Waals surface area (Å²) in [4.78, 5) is 15.2. The Bertz CT molecular complexity index is 921. The number of amides is 1. The summed E-state index contributed by atoms with van der Waals surface area (Å²) < 4.78 is 7.08. The maximum absolute atomic E-state index is 13.3. The Morgan fingerprint density at radius 3 is 2.46 bits per heavy atom. The van der Waals surface area contributed by atoms with Crippen LogP contribution >= 0.6 is 0 Å². The molecule has 134 valence electrons. The van der Waals surface area contributed by atoms with E-state index < -0.39 is 0 Å². The highest BCUT2D eigenvalue weighted by Crippen LogP contribution is 2.30. The van der Waals surface area contributed by atoms with Crippen molar-refractivity contribution in [2.24, 2.45) is 0 Å². The van der Waals surface area contributed by atoms with Gasteiger partial charge in [-0.3, -0.25) is 4.79 Å². The van der Waals surface area contributed by atoms with Crippen molar-refractivity contribution in [1.29, 1.82) is 0 Å². The molecule has 0 atom stereocenters. The zero-order valence-corrected chi connectivity index (χ0v) is 15.1. The minimum absolute atomic E-state index is 0.0278. The van der Waals surface area contributed by atoms with Crippen LogP contribution in [0.3, 0.4) is 0 Å². The predicted molar refractivity (Wildman–Crippen MR) is 98.3 cm³/mol. The number of likely N-dealkylation sites (tertiary alicyclic amines) is 1. The lowest BCUT2D eigenvalue weighted by Gasteiger charge is -2.26. The highest BCUT2D eigenvalue weighted by Gasteiger charge is 2.29. The SMILES string of the molecule is Cc1cc(-c2c(C(=O)N3CCCCC3)c(C)nn2-c2ccccc2)no1. The van der Waals surface area contributed by atoms with Gasteiger partial charge in [-0.2, -0.15) is 5.10 Å². The normalized spacial score (nSPS) is 14.6. The molecule has 1 aliphatic heterocycles. The Balaban J connectivity index is 1.88. The van der Waals surface area contributed by atoms with E-state index in [1.54, 1.807) is 4.68 Å². The zero-order chi connectivity index (χ0) is 18.1. The Hall–Kier alpha value is -2.89. The van der Waals surface area contributed by atoms with E-state index in [0.29, 0.717) is 28.4 Å². The van der Waals surface area contributed by atoms with Crippen molar-refractivity contribution in [3.8, 4) is 17.1 Å². The molecule has 0 spiro atoms. The van der Waals surface area contributed by atoms with Crippen molar-refractivity contribution in [3.05, 3.63) is 53.4 Å². The first-order chi connectivity index (χ1) is 12.6. The summed E-state index contributed by atoms with van der Waals surface area (Å²) in [7, 11) is 0. The molecule has 3 heterocycles. The first-order valence-corrected chi connectivity index (χ1v) is 9.03. The molecular weight excluding hydrogens is 328 g/mol. The molecule has 0 saturated carbocycles. The number of nitrogens with zero attached hydrogens (tertiary/aromatic N) is 4. The lowest BCUT2D eigenvalue weighted by molar-refractivity contribution is 0.0724. The summed E-state index contributed by atoms with van der Waals surface area (Å²) in [6.07, 6.45) is 3.29. The number of carbonyl (C=O) groups excluding carboxylic acids is 1. The number of para-hydroxylation sites is 1. The van der Waals surface area contributed by atoms with E-state index in [1.807, 2.05) is 55.1 Å². The summed E-state index contributed by atoms with van der Waals surface area (Å²) in [6.45, 7) is 5.32. The fraction of sp³-hybridized carbons (Fsp3) is 0.350. The van der Waals surface area contributed by atoms with Crippen molar-refractivity contribution in [2.45, 2.75) is 33.1 Å². The van der Waals surface area contributed by atoms with E-state index in [2.05, 4.69) is 10.3 Å². The van der Waals surface area contributed by atoms with Gasteiger partial charge < -0.3 is 9.42 Å². The number of piperidine rings is 1. The topological polar surface area (TPSA) is 64.2 Å². The zero-order valence-electron chi connectivity index (χ0n) is 15.1. The third-order valence-electron chi connectivity index (χ3n) is 4.79. The molecule has 4 rings (SSSR count). The monoisotopic (exact) mass is 350 g/mol. The average molecular weight is 350 g/mol. The number of aryl methyl sites for hydroxylation is 2. The molecular formula is C20H22N4O2. The van der Waals surface area contributed by atoms with Crippen LogP contribution in [0.15, 0.2) is 40.9 Å². The molecule has 1 saturated heterocycles. The Kier molecular flexibility index (Phi) is 4.32. The van der Waals surface area contributed by atoms with Gasteiger partial charge in [0.15, 0.2) is 0 Å². The van der Waals surface area contributed by atoms with Crippen molar-refractivity contribution in [3.63, 3.8) is 0 Å². The number of hydrogen-bond donors (Lipinski definition) is 0. The van der Waals surface area contributed by atoms with Crippen molar-refractivity contribution < 1.29 is 9.32 Å². The molecule has 1 amide bonds. The molecule has 6 nitrogen and oxygen atoms in total. The molecule has 2 aromatic heterocycles. The fourth-order valence-corrected chi connectivity index (χ4v) is 3.51. The summed E-state index contributed by atoms with van der Waals surface area (Å²) in [5.41, 5.74) is 3.54. The molecule has 3 aromatic rings. The molecule has 1 aromatic carbocycles. The van der Waals surface area contributed by atoms with Gasteiger partial charge in [-0.15, -0.1) is 0 Å². The van der Waals surface area contributed by atoms with Crippen molar-refractivity contribution in [2.75, 3.05) is 13.1 Å². The van der Waals surface area contributed by atoms with Gasteiger partial charge in [0, 0.05) is 19.2 Å². The van der Waals surface area contributed by atoms with Gasteiger partial charge in [-0.25, -0.2) is 4.68 Å². The third kappa shape index (κ3) is 2.92. The first kappa shape index (κ1) is 16.6. The minimum Gasteiger partial charge on any atom is -0.361 e. The van der Waals surface area contributed by atoms with E-state index in [0.717, 1.165) is 31.6 Å². The highest BCUT2D eigenvalue weighted by atomic mass is 16.5. The Morgan fingerprint density at radius 1 is 1.08 bits per heavy atom. The summed E-state index contributed by atoms with van der Waals surface area (Å²) in [5.74, 6) is 0.731. The van der Waals surface area contributed by atoms with Gasteiger partial charge in [0.1, 0.15) is 17.1 Å². The van der Waals surface area contributed by atoms with E-state index in [9.17, 15) is 4.79 Å². The van der Waals surface area contributed by atoms with Gasteiger partial charge in [0.05, 0.1) is 16.9 Å². The van der Waals surface area contributed by atoms with E-state index in [1.165, 1.54) is 6.42 Å². The molecule has 1 fully saturated rings. The third-order valence-corrected chi connectivity index (χ3v) is 4.79. The maximum atomic E-state index is 13.3. The van der Waals surface area contributed by atoms with Crippen molar-refractivity contribution >= 4 is 5.91 Å². The molecule has 1 aliphatic rings. The van der Waals surface area contributed by atoms with Crippen LogP contribution in [0.2, 0.25) is 0 Å². The van der Waals surface area contributed by atoms with Crippen LogP contribution in [0.1, 0.15) is 41.1 Å². The Morgan fingerprint density at radius 2 is 1.81 bits per heavy atom. The highest BCUT2D eigenvalue weighted by molar-refractivity contribution is 6.01. The number of benzene rings is 1. The van der Waals surface area contributed by atoms with Gasteiger partial charge >= 0.3 is 0 Å². The maximum Gasteiger partial charge on any atom is 0.258 e. The molecule has 6 heteroatoms. The van der Waals surface area contributed by atoms with E-state index in [4.69, 9.17) is 4.52 Å². The first-order valence-electron chi connectivity index (χ1n) is 9.03. The smallest absolute Gasteiger partial charge is 0.258 e. The average Bonchev–Trinajstić information content (AvgIpc) is 3.25.